The van der Waals surface area contributed by atoms with Gasteiger partial charge in [0, 0.05) is 0 Å². The van der Waals surface area contributed by atoms with E-state index in [2.05, 4.69) is 0 Å². The van der Waals surface area contributed by atoms with E-state index in [1.165, 1.54) is 12.1 Å². The summed E-state index contributed by atoms with van der Waals surface area (Å²) in [5, 5.41) is 17.8. The van der Waals surface area contributed by atoms with Crippen molar-refractivity contribution in [3.63, 3.8) is 0 Å². The number of phenols is 1. The standard InChI is InChI=1S/C9H11FO2/c1-6(11)4-7-2-3-9(12)8(10)5-7/h2-3,5-6,11-12H,4H2,1H3. The van der Waals surface area contributed by atoms with Crippen molar-refractivity contribution in [2.24, 2.45) is 0 Å². The summed E-state index contributed by atoms with van der Waals surface area (Å²) in [7, 11) is 0. The summed E-state index contributed by atoms with van der Waals surface area (Å²) >= 11 is 0. The van der Waals surface area contributed by atoms with Crippen LogP contribution in [-0.2, 0) is 6.42 Å². The van der Waals surface area contributed by atoms with Crippen LogP contribution in [0.3, 0.4) is 0 Å². The average molecular weight is 170 g/mol. The van der Waals surface area contributed by atoms with Gasteiger partial charge in [-0.15, -0.1) is 0 Å². The molecule has 3 heteroatoms. The van der Waals surface area contributed by atoms with Crippen LogP contribution in [0.1, 0.15) is 12.5 Å². The molecule has 0 aliphatic rings. The van der Waals surface area contributed by atoms with Crippen molar-refractivity contribution in [2.75, 3.05) is 0 Å². The highest BCUT2D eigenvalue weighted by atomic mass is 19.1. The number of benzene rings is 1. The molecule has 0 amide bonds. The zero-order valence-corrected chi connectivity index (χ0v) is 6.79. The minimum atomic E-state index is -0.645. The third-order valence-electron chi connectivity index (χ3n) is 1.54. The predicted molar refractivity (Wildman–Crippen MR) is 43.4 cm³/mol. The number of hydrogen-bond donors (Lipinski definition) is 2. The molecule has 1 aromatic rings. The van der Waals surface area contributed by atoms with Crippen molar-refractivity contribution in [1.29, 1.82) is 0 Å². The van der Waals surface area contributed by atoms with Gasteiger partial charge in [0.25, 0.3) is 0 Å². The first-order valence-electron chi connectivity index (χ1n) is 3.75. The van der Waals surface area contributed by atoms with E-state index >= 15 is 0 Å². The summed E-state index contributed by atoms with van der Waals surface area (Å²) < 4.78 is 12.7. The first-order valence-corrected chi connectivity index (χ1v) is 3.75. The van der Waals surface area contributed by atoms with Crippen LogP contribution in [0.5, 0.6) is 5.75 Å². The molecule has 0 aromatic heterocycles. The zero-order valence-electron chi connectivity index (χ0n) is 6.79. The van der Waals surface area contributed by atoms with E-state index < -0.39 is 11.9 Å². The number of phenolic OH excluding ortho intramolecular Hbond substituents is 1. The summed E-state index contributed by atoms with van der Waals surface area (Å²) in [5.41, 5.74) is 0.681. The molecule has 0 aliphatic heterocycles. The maximum atomic E-state index is 12.7. The lowest BCUT2D eigenvalue weighted by Crippen LogP contribution is -2.04. The molecule has 0 saturated carbocycles. The van der Waals surface area contributed by atoms with Crippen molar-refractivity contribution < 1.29 is 14.6 Å². The lowest BCUT2D eigenvalue weighted by atomic mass is 10.1. The average Bonchev–Trinajstić information content (AvgIpc) is 1.96. The fraction of sp³-hybridized carbons (Fsp3) is 0.333. The molecule has 0 spiro atoms. The Morgan fingerprint density at radius 2 is 2.17 bits per heavy atom. The summed E-state index contributed by atoms with van der Waals surface area (Å²) in [6.45, 7) is 1.63. The van der Waals surface area contributed by atoms with Gasteiger partial charge in [0.05, 0.1) is 6.10 Å². The van der Waals surface area contributed by atoms with Crippen LogP contribution < -0.4 is 0 Å². The first-order chi connectivity index (χ1) is 5.59. The lowest BCUT2D eigenvalue weighted by molar-refractivity contribution is 0.195. The normalized spacial score (nSPS) is 12.9. The van der Waals surface area contributed by atoms with Crippen molar-refractivity contribution in [3.05, 3.63) is 29.6 Å². The molecule has 1 aromatic carbocycles. The van der Waals surface area contributed by atoms with E-state index in [4.69, 9.17) is 10.2 Å². The molecule has 0 fully saturated rings. The topological polar surface area (TPSA) is 40.5 Å². The second-order valence-corrected chi connectivity index (χ2v) is 2.84. The molecule has 0 radical (unpaired) electrons. The molecular weight excluding hydrogens is 159 g/mol. The van der Waals surface area contributed by atoms with Crippen LogP contribution in [0.15, 0.2) is 18.2 Å². The predicted octanol–water partition coefficient (Wildman–Crippen LogP) is 1.45. The Hall–Kier alpha value is -1.09. The highest BCUT2D eigenvalue weighted by Gasteiger charge is 2.03. The largest absolute Gasteiger partial charge is 0.505 e. The van der Waals surface area contributed by atoms with Gasteiger partial charge in [0.2, 0.25) is 0 Å². The van der Waals surface area contributed by atoms with Gasteiger partial charge in [-0.2, -0.15) is 0 Å². The lowest BCUT2D eigenvalue weighted by Gasteiger charge is -2.04. The number of rotatable bonds is 2. The fourth-order valence-corrected chi connectivity index (χ4v) is 1.02. The first kappa shape index (κ1) is 9.00. The van der Waals surface area contributed by atoms with Gasteiger partial charge < -0.3 is 10.2 Å². The van der Waals surface area contributed by atoms with Gasteiger partial charge in [-0.1, -0.05) is 6.07 Å². The third-order valence-corrected chi connectivity index (χ3v) is 1.54. The molecule has 2 nitrogen and oxygen atoms in total. The van der Waals surface area contributed by atoms with Crippen molar-refractivity contribution in [1.82, 2.24) is 0 Å². The van der Waals surface area contributed by atoms with E-state index in [1.807, 2.05) is 0 Å². The Morgan fingerprint density at radius 3 is 2.67 bits per heavy atom. The smallest absolute Gasteiger partial charge is 0.165 e. The number of aliphatic hydroxyl groups excluding tert-OH is 1. The van der Waals surface area contributed by atoms with Crippen LogP contribution in [0.4, 0.5) is 4.39 Å². The molecule has 12 heavy (non-hydrogen) atoms. The Bertz CT molecular complexity index is 271. The van der Waals surface area contributed by atoms with Gasteiger partial charge >= 0.3 is 0 Å². The van der Waals surface area contributed by atoms with E-state index in [0.717, 1.165) is 0 Å². The van der Waals surface area contributed by atoms with Gasteiger partial charge in [-0.3, -0.25) is 0 Å². The Kier molecular flexibility index (Phi) is 2.65. The number of hydrogen-bond acceptors (Lipinski definition) is 2. The molecule has 1 atom stereocenters. The summed E-state index contributed by atoms with van der Waals surface area (Å²) in [6, 6.07) is 4.10. The zero-order chi connectivity index (χ0) is 9.14. The van der Waals surface area contributed by atoms with Crippen LogP contribution >= 0.6 is 0 Å². The monoisotopic (exact) mass is 170 g/mol. The summed E-state index contributed by atoms with van der Waals surface area (Å²) in [5.74, 6) is -1.00. The minimum Gasteiger partial charge on any atom is -0.505 e. The summed E-state index contributed by atoms with van der Waals surface area (Å²) in [4.78, 5) is 0. The van der Waals surface area contributed by atoms with Crippen molar-refractivity contribution >= 4 is 0 Å². The van der Waals surface area contributed by atoms with E-state index in [-0.39, 0.29) is 5.75 Å². The van der Waals surface area contributed by atoms with Crippen molar-refractivity contribution in [2.45, 2.75) is 19.4 Å². The third kappa shape index (κ3) is 2.20. The van der Waals surface area contributed by atoms with Crippen LogP contribution in [0.2, 0.25) is 0 Å². The van der Waals surface area contributed by atoms with Gasteiger partial charge in [-0.05, 0) is 31.0 Å². The Labute approximate surface area is 70.3 Å². The molecule has 0 heterocycles. The number of aliphatic hydroxyl groups is 1. The van der Waals surface area contributed by atoms with Gasteiger partial charge in [0.15, 0.2) is 11.6 Å². The molecular formula is C9H11FO2. The molecule has 1 rings (SSSR count). The Balaban J connectivity index is 2.82. The molecule has 0 aliphatic carbocycles. The minimum absolute atomic E-state index is 0.357. The second-order valence-electron chi connectivity index (χ2n) is 2.84. The molecule has 2 N–H and O–H groups in total. The molecule has 0 saturated heterocycles. The van der Waals surface area contributed by atoms with Gasteiger partial charge in [0.1, 0.15) is 0 Å². The fourth-order valence-electron chi connectivity index (χ4n) is 1.02. The van der Waals surface area contributed by atoms with Crippen molar-refractivity contribution in [3.8, 4) is 5.75 Å². The molecule has 0 bridgehead atoms. The van der Waals surface area contributed by atoms with Gasteiger partial charge in [-0.25, -0.2) is 4.39 Å². The maximum Gasteiger partial charge on any atom is 0.165 e. The van der Waals surface area contributed by atoms with Crippen LogP contribution in [0.25, 0.3) is 0 Å². The van der Waals surface area contributed by atoms with Crippen LogP contribution in [0, 0.1) is 5.82 Å². The van der Waals surface area contributed by atoms with E-state index in [1.54, 1.807) is 13.0 Å². The molecule has 66 valence electrons. The van der Waals surface area contributed by atoms with E-state index in [9.17, 15) is 4.39 Å². The SMILES string of the molecule is CC(O)Cc1ccc(O)c(F)c1. The molecule has 1 unspecified atom stereocenters. The van der Waals surface area contributed by atoms with Crippen LogP contribution in [-0.4, -0.2) is 16.3 Å². The maximum absolute atomic E-state index is 12.7. The highest BCUT2D eigenvalue weighted by Crippen LogP contribution is 2.16. The highest BCUT2D eigenvalue weighted by molar-refractivity contribution is 5.28. The van der Waals surface area contributed by atoms with E-state index in [0.29, 0.717) is 12.0 Å². The second kappa shape index (κ2) is 3.54. The Morgan fingerprint density at radius 1 is 1.50 bits per heavy atom. The number of aromatic hydroxyl groups is 1. The summed E-state index contributed by atoms with van der Waals surface area (Å²) in [6.07, 6.45) is -0.0917. The number of halogens is 1. The quantitative estimate of drug-likeness (QED) is 0.705.